The molecule has 0 heterocycles. The summed E-state index contributed by atoms with van der Waals surface area (Å²) in [7, 11) is 0. The van der Waals surface area contributed by atoms with Gasteiger partial charge in [0.25, 0.3) is 0 Å². The third-order valence-corrected chi connectivity index (χ3v) is 4.28. The van der Waals surface area contributed by atoms with Crippen LogP contribution >= 0.6 is 11.8 Å². The molecule has 0 amide bonds. The maximum Gasteiger partial charge on any atom is 0.0446 e. The van der Waals surface area contributed by atoms with Gasteiger partial charge in [-0.05, 0) is 30.9 Å². The van der Waals surface area contributed by atoms with E-state index < -0.39 is 0 Å². The lowest BCUT2D eigenvalue weighted by Crippen LogP contribution is -2.45. The summed E-state index contributed by atoms with van der Waals surface area (Å²) in [6, 6.07) is 1.12. The summed E-state index contributed by atoms with van der Waals surface area (Å²) >= 11 is 1.86. The van der Waals surface area contributed by atoms with Gasteiger partial charge in [-0.1, -0.05) is 20.3 Å². The summed E-state index contributed by atoms with van der Waals surface area (Å²) in [4.78, 5) is 0. The van der Waals surface area contributed by atoms with Crippen LogP contribution in [0.3, 0.4) is 0 Å². The van der Waals surface area contributed by atoms with Crippen molar-refractivity contribution in [2.75, 3.05) is 18.6 Å². The second kappa shape index (κ2) is 6.12. The van der Waals surface area contributed by atoms with Crippen LogP contribution in [0.1, 0.15) is 39.5 Å². The van der Waals surface area contributed by atoms with Gasteiger partial charge in [0, 0.05) is 24.4 Å². The average Bonchev–Trinajstić information content (AvgIpc) is 2.47. The van der Waals surface area contributed by atoms with Gasteiger partial charge < -0.3 is 10.4 Å². The molecule has 0 aliphatic heterocycles. The van der Waals surface area contributed by atoms with Gasteiger partial charge in [0.1, 0.15) is 0 Å². The Morgan fingerprint density at radius 3 is 2.73 bits per heavy atom. The molecule has 90 valence electrons. The van der Waals surface area contributed by atoms with E-state index in [9.17, 15) is 0 Å². The van der Waals surface area contributed by atoms with Gasteiger partial charge in [0.05, 0.1) is 0 Å². The molecular weight excluding hydrogens is 206 g/mol. The Bertz CT molecular complexity index is 178. The predicted molar refractivity (Wildman–Crippen MR) is 68.4 cm³/mol. The second-order valence-electron chi connectivity index (χ2n) is 5.26. The molecule has 2 unspecified atom stereocenters. The number of aliphatic hydroxyl groups excluding tert-OH is 1. The first-order chi connectivity index (χ1) is 7.10. The fraction of sp³-hybridized carbons (Fsp3) is 1.00. The minimum absolute atomic E-state index is 0.297. The molecule has 2 nitrogen and oxygen atoms in total. The average molecular weight is 231 g/mol. The maximum atomic E-state index is 9.02. The topological polar surface area (TPSA) is 32.3 Å². The van der Waals surface area contributed by atoms with Crippen LogP contribution in [0.2, 0.25) is 0 Å². The van der Waals surface area contributed by atoms with Gasteiger partial charge in [0.2, 0.25) is 0 Å². The second-order valence-corrected chi connectivity index (χ2v) is 6.18. The lowest BCUT2D eigenvalue weighted by molar-refractivity contribution is 0.231. The Balaban J connectivity index is 2.42. The Hall–Kier alpha value is 0.270. The molecule has 1 aliphatic rings. The molecule has 0 bridgehead atoms. The normalized spacial score (nSPS) is 26.8. The Kier molecular flexibility index (Phi) is 5.44. The number of nitrogens with one attached hydrogen (secondary N) is 1. The van der Waals surface area contributed by atoms with Gasteiger partial charge in [-0.2, -0.15) is 11.8 Å². The fourth-order valence-electron chi connectivity index (χ4n) is 2.49. The van der Waals surface area contributed by atoms with E-state index in [4.69, 9.17) is 5.11 Å². The maximum absolute atomic E-state index is 9.02. The predicted octanol–water partition coefficient (Wildman–Crippen LogP) is 2.27. The molecule has 1 aliphatic carbocycles. The molecule has 0 aromatic heterocycles. The zero-order chi connectivity index (χ0) is 11.3. The van der Waals surface area contributed by atoms with Crippen LogP contribution in [0.4, 0.5) is 0 Å². The summed E-state index contributed by atoms with van der Waals surface area (Å²) in [6.07, 6.45) is 6.98. The van der Waals surface area contributed by atoms with Crippen molar-refractivity contribution in [1.82, 2.24) is 5.32 Å². The van der Waals surface area contributed by atoms with Gasteiger partial charge in [0.15, 0.2) is 0 Å². The zero-order valence-corrected chi connectivity index (χ0v) is 11.1. The third kappa shape index (κ3) is 3.97. The van der Waals surface area contributed by atoms with E-state index in [0.717, 1.165) is 12.2 Å². The summed E-state index contributed by atoms with van der Waals surface area (Å²) in [5.41, 5.74) is 0.437. The first-order valence-electron chi connectivity index (χ1n) is 5.96. The Morgan fingerprint density at radius 2 is 2.27 bits per heavy atom. The number of thioether (sulfide) groups is 1. The first-order valence-corrected chi connectivity index (χ1v) is 7.35. The van der Waals surface area contributed by atoms with Crippen molar-refractivity contribution < 1.29 is 5.11 Å². The van der Waals surface area contributed by atoms with Crippen molar-refractivity contribution in [3.63, 3.8) is 0 Å². The first kappa shape index (κ1) is 13.3. The van der Waals surface area contributed by atoms with Crippen LogP contribution in [0, 0.1) is 5.41 Å². The third-order valence-electron chi connectivity index (χ3n) is 3.54. The van der Waals surface area contributed by atoms with Gasteiger partial charge >= 0.3 is 0 Å². The molecule has 1 rings (SSSR count). The van der Waals surface area contributed by atoms with E-state index in [1.807, 2.05) is 11.8 Å². The smallest absolute Gasteiger partial charge is 0.0446 e. The van der Waals surface area contributed by atoms with Gasteiger partial charge in [-0.15, -0.1) is 0 Å². The minimum atomic E-state index is 0.297. The van der Waals surface area contributed by atoms with E-state index in [0.29, 0.717) is 24.1 Å². The van der Waals surface area contributed by atoms with Crippen LogP contribution in [0.15, 0.2) is 0 Å². The van der Waals surface area contributed by atoms with Crippen LogP contribution in [-0.2, 0) is 0 Å². The molecule has 0 aromatic rings. The minimum Gasteiger partial charge on any atom is -0.396 e. The molecule has 0 saturated heterocycles. The standard InChI is InChI=1S/C12H25NOS/c1-12(2)7-4-5-11(12)13-10(6-8-14)9-15-3/h10-11,13-14H,4-9H2,1-3H3. The highest BCUT2D eigenvalue weighted by molar-refractivity contribution is 7.98. The molecule has 0 aromatic carbocycles. The molecule has 0 radical (unpaired) electrons. The Labute approximate surface area is 98.2 Å². The van der Waals surface area contributed by atoms with E-state index in [2.05, 4.69) is 25.4 Å². The quantitative estimate of drug-likeness (QED) is 0.735. The molecule has 1 fully saturated rings. The SMILES string of the molecule is CSCC(CCO)NC1CCCC1(C)C. The van der Waals surface area contributed by atoms with Crippen molar-refractivity contribution in [3.05, 3.63) is 0 Å². The van der Waals surface area contributed by atoms with Crippen LogP contribution < -0.4 is 5.32 Å². The van der Waals surface area contributed by atoms with Crippen molar-refractivity contribution in [2.24, 2.45) is 5.41 Å². The van der Waals surface area contributed by atoms with Gasteiger partial charge in [-0.3, -0.25) is 0 Å². The highest BCUT2D eigenvalue weighted by Gasteiger charge is 2.35. The van der Waals surface area contributed by atoms with Crippen molar-refractivity contribution in [2.45, 2.75) is 51.6 Å². The van der Waals surface area contributed by atoms with E-state index in [-0.39, 0.29) is 0 Å². The summed E-state index contributed by atoms with van der Waals surface area (Å²) in [5.74, 6) is 1.10. The van der Waals surface area contributed by atoms with E-state index >= 15 is 0 Å². The van der Waals surface area contributed by atoms with Gasteiger partial charge in [-0.25, -0.2) is 0 Å². The van der Waals surface area contributed by atoms with E-state index in [1.54, 1.807) is 0 Å². The zero-order valence-electron chi connectivity index (χ0n) is 10.3. The van der Waals surface area contributed by atoms with Crippen LogP contribution in [-0.4, -0.2) is 35.8 Å². The molecule has 3 heteroatoms. The summed E-state index contributed by atoms with van der Waals surface area (Å²) < 4.78 is 0. The molecule has 0 spiro atoms. The molecule has 1 saturated carbocycles. The lowest BCUT2D eigenvalue weighted by Gasteiger charge is -2.31. The summed E-state index contributed by atoms with van der Waals surface area (Å²) in [6.45, 7) is 5.00. The number of hydrogen-bond donors (Lipinski definition) is 2. The lowest BCUT2D eigenvalue weighted by atomic mass is 9.87. The highest BCUT2D eigenvalue weighted by atomic mass is 32.2. The highest BCUT2D eigenvalue weighted by Crippen LogP contribution is 2.37. The number of aliphatic hydroxyl groups is 1. The fourth-order valence-corrected chi connectivity index (χ4v) is 3.16. The summed E-state index contributed by atoms with van der Waals surface area (Å²) in [5, 5.41) is 12.7. The monoisotopic (exact) mass is 231 g/mol. The molecular formula is C12H25NOS. The van der Waals surface area contributed by atoms with Crippen LogP contribution in [0.5, 0.6) is 0 Å². The molecule has 2 N–H and O–H groups in total. The Morgan fingerprint density at radius 1 is 1.53 bits per heavy atom. The van der Waals surface area contributed by atoms with Crippen LogP contribution in [0.25, 0.3) is 0 Å². The molecule has 15 heavy (non-hydrogen) atoms. The molecule has 2 atom stereocenters. The van der Waals surface area contributed by atoms with E-state index in [1.165, 1.54) is 19.3 Å². The number of hydrogen-bond acceptors (Lipinski definition) is 3. The van der Waals surface area contributed by atoms with Crippen molar-refractivity contribution in [1.29, 1.82) is 0 Å². The van der Waals surface area contributed by atoms with Crippen molar-refractivity contribution in [3.8, 4) is 0 Å². The largest absolute Gasteiger partial charge is 0.396 e. The van der Waals surface area contributed by atoms with Crippen molar-refractivity contribution >= 4 is 11.8 Å². The number of rotatable bonds is 6.